The van der Waals surface area contributed by atoms with Crippen molar-refractivity contribution in [3.05, 3.63) is 18.3 Å². The summed E-state index contributed by atoms with van der Waals surface area (Å²) in [6.07, 6.45) is 9.42. The number of rotatable bonds is 4. The van der Waals surface area contributed by atoms with Crippen molar-refractivity contribution >= 4 is 21.4 Å². The molecule has 0 aliphatic carbocycles. The summed E-state index contributed by atoms with van der Waals surface area (Å²) in [7, 11) is -3.33. The Morgan fingerprint density at radius 1 is 1.57 bits per heavy atom. The molecule has 1 atom stereocenters. The first-order valence-corrected chi connectivity index (χ1v) is 8.45. The smallest absolute Gasteiger partial charge is 0.241 e. The average Bonchev–Trinajstić information content (AvgIpc) is 2.87. The standard InChI is InChI=1S/C14H17N3O3S/c1-3-8-17-9-4-5-12(17)14(18)16-11-6-7-13(15-10-11)21(2,19)20/h1,6-7,10,12H,4-5,8-9H2,2H3,(H,16,18)/t12-/m0/s1. The molecule has 0 saturated carbocycles. The summed E-state index contributed by atoms with van der Waals surface area (Å²) in [6.45, 7) is 1.26. The predicted molar refractivity (Wildman–Crippen MR) is 79.4 cm³/mol. The van der Waals surface area contributed by atoms with E-state index < -0.39 is 9.84 Å². The molecule has 1 fully saturated rings. The van der Waals surface area contributed by atoms with Crippen molar-refractivity contribution in [1.82, 2.24) is 9.88 Å². The van der Waals surface area contributed by atoms with Crippen LogP contribution in [0.15, 0.2) is 23.4 Å². The minimum Gasteiger partial charge on any atom is -0.323 e. The largest absolute Gasteiger partial charge is 0.323 e. The number of carbonyl (C=O) groups excluding carboxylic acids is 1. The Labute approximate surface area is 124 Å². The number of sulfone groups is 1. The van der Waals surface area contributed by atoms with Gasteiger partial charge in [-0.1, -0.05) is 5.92 Å². The van der Waals surface area contributed by atoms with E-state index in [1.54, 1.807) is 0 Å². The van der Waals surface area contributed by atoms with Crippen LogP contribution >= 0.6 is 0 Å². The second kappa shape index (κ2) is 6.24. The number of nitrogens with one attached hydrogen (secondary N) is 1. The molecular weight excluding hydrogens is 290 g/mol. The van der Waals surface area contributed by atoms with Crippen LogP contribution in [-0.4, -0.2) is 49.6 Å². The highest BCUT2D eigenvalue weighted by molar-refractivity contribution is 7.90. The van der Waals surface area contributed by atoms with Crippen LogP contribution < -0.4 is 5.32 Å². The van der Waals surface area contributed by atoms with Gasteiger partial charge in [0, 0.05) is 6.26 Å². The third kappa shape index (κ3) is 3.80. The minimum absolute atomic E-state index is 0.0182. The molecule has 0 spiro atoms. The second-order valence-corrected chi connectivity index (χ2v) is 6.94. The van der Waals surface area contributed by atoms with Crippen LogP contribution in [0.1, 0.15) is 12.8 Å². The molecule has 1 N–H and O–H groups in total. The molecule has 1 aliphatic heterocycles. The van der Waals surface area contributed by atoms with Crippen molar-refractivity contribution in [2.24, 2.45) is 0 Å². The van der Waals surface area contributed by atoms with Gasteiger partial charge in [-0.2, -0.15) is 0 Å². The van der Waals surface area contributed by atoms with Crippen LogP contribution in [0, 0.1) is 12.3 Å². The zero-order valence-electron chi connectivity index (χ0n) is 11.7. The van der Waals surface area contributed by atoms with Crippen molar-refractivity contribution in [3.8, 4) is 12.3 Å². The number of amides is 1. The van der Waals surface area contributed by atoms with E-state index in [0.717, 1.165) is 25.6 Å². The van der Waals surface area contributed by atoms with E-state index in [9.17, 15) is 13.2 Å². The Morgan fingerprint density at radius 3 is 2.90 bits per heavy atom. The molecule has 6 nitrogen and oxygen atoms in total. The first kappa shape index (κ1) is 15.5. The second-order valence-electron chi connectivity index (χ2n) is 4.98. The van der Waals surface area contributed by atoms with E-state index >= 15 is 0 Å². The summed E-state index contributed by atoms with van der Waals surface area (Å²) >= 11 is 0. The lowest BCUT2D eigenvalue weighted by Crippen LogP contribution is -2.39. The predicted octanol–water partition coefficient (Wildman–Crippen LogP) is 0.521. The van der Waals surface area contributed by atoms with Crippen molar-refractivity contribution in [2.45, 2.75) is 23.9 Å². The van der Waals surface area contributed by atoms with Crippen LogP contribution in [-0.2, 0) is 14.6 Å². The van der Waals surface area contributed by atoms with E-state index in [1.165, 1.54) is 18.3 Å². The number of anilines is 1. The monoisotopic (exact) mass is 307 g/mol. The van der Waals surface area contributed by atoms with Gasteiger partial charge >= 0.3 is 0 Å². The quantitative estimate of drug-likeness (QED) is 0.821. The van der Waals surface area contributed by atoms with Gasteiger partial charge in [0.05, 0.1) is 24.5 Å². The lowest BCUT2D eigenvalue weighted by atomic mass is 10.2. The summed E-state index contributed by atoms with van der Waals surface area (Å²) in [5.74, 6) is 2.41. The number of hydrogen-bond donors (Lipinski definition) is 1. The Hall–Kier alpha value is -1.91. The molecule has 1 saturated heterocycles. The molecule has 112 valence electrons. The fraction of sp³-hybridized carbons (Fsp3) is 0.429. The molecule has 0 aromatic carbocycles. The maximum absolute atomic E-state index is 12.2. The summed E-state index contributed by atoms with van der Waals surface area (Å²) < 4.78 is 22.6. The van der Waals surface area contributed by atoms with Crippen molar-refractivity contribution < 1.29 is 13.2 Å². The summed E-state index contributed by atoms with van der Waals surface area (Å²) in [4.78, 5) is 18.0. The lowest BCUT2D eigenvalue weighted by molar-refractivity contribution is -0.120. The van der Waals surface area contributed by atoms with Crippen LogP contribution in [0.25, 0.3) is 0 Å². The van der Waals surface area contributed by atoms with Gasteiger partial charge in [0.15, 0.2) is 14.9 Å². The molecular formula is C14H17N3O3S. The van der Waals surface area contributed by atoms with Gasteiger partial charge in [-0.15, -0.1) is 6.42 Å². The van der Waals surface area contributed by atoms with Gasteiger partial charge in [0.2, 0.25) is 5.91 Å². The van der Waals surface area contributed by atoms with E-state index in [4.69, 9.17) is 6.42 Å². The third-order valence-electron chi connectivity index (χ3n) is 3.34. The maximum Gasteiger partial charge on any atom is 0.241 e. The molecule has 7 heteroatoms. The van der Waals surface area contributed by atoms with Gasteiger partial charge in [-0.05, 0) is 31.5 Å². The molecule has 2 rings (SSSR count). The number of carbonyl (C=O) groups is 1. The van der Waals surface area contributed by atoms with E-state index in [0.29, 0.717) is 12.2 Å². The fourth-order valence-corrected chi connectivity index (χ4v) is 2.89. The minimum atomic E-state index is -3.33. The number of terminal acetylenes is 1. The Morgan fingerprint density at radius 2 is 2.33 bits per heavy atom. The average molecular weight is 307 g/mol. The molecule has 0 bridgehead atoms. The van der Waals surface area contributed by atoms with Crippen LogP contribution in [0.2, 0.25) is 0 Å². The summed E-state index contributed by atoms with van der Waals surface area (Å²) in [6, 6.07) is 2.66. The lowest BCUT2D eigenvalue weighted by Gasteiger charge is -2.21. The van der Waals surface area contributed by atoms with Gasteiger partial charge in [0.1, 0.15) is 0 Å². The summed E-state index contributed by atoms with van der Waals surface area (Å²) in [5.41, 5.74) is 0.472. The SMILES string of the molecule is C#CCN1CCC[C@H]1C(=O)Nc1ccc(S(C)(=O)=O)nc1. The van der Waals surface area contributed by atoms with Crippen molar-refractivity contribution in [1.29, 1.82) is 0 Å². The highest BCUT2D eigenvalue weighted by atomic mass is 32.2. The zero-order valence-corrected chi connectivity index (χ0v) is 12.6. The van der Waals surface area contributed by atoms with E-state index in [1.807, 2.05) is 4.90 Å². The highest BCUT2D eigenvalue weighted by Gasteiger charge is 2.30. The highest BCUT2D eigenvalue weighted by Crippen LogP contribution is 2.19. The van der Waals surface area contributed by atoms with E-state index in [2.05, 4.69) is 16.2 Å². The number of hydrogen-bond acceptors (Lipinski definition) is 5. The first-order chi connectivity index (χ1) is 9.91. The molecule has 1 aromatic heterocycles. The Bertz CT molecular complexity index is 662. The van der Waals surface area contributed by atoms with E-state index in [-0.39, 0.29) is 17.0 Å². The topological polar surface area (TPSA) is 79.4 Å². The van der Waals surface area contributed by atoms with Crippen LogP contribution in [0.3, 0.4) is 0 Å². The maximum atomic E-state index is 12.2. The van der Waals surface area contributed by atoms with Crippen LogP contribution in [0.5, 0.6) is 0 Å². The molecule has 1 aromatic rings. The molecule has 0 unspecified atom stereocenters. The van der Waals surface area contributed by atoms with Crippen molar-refractivity contribution in [2.75, 3.05) is 24.7 Å². The molecule has 2 heterocycles. The number of pyridine rings is 1. The molecule has 21 heavy (non-hydrogen) atoms. The fourth-order valence-electron chi connectivity index (χ4n) is 2.33. The normalized spacial score (nSPS) is 19.1. The molecule has 0 radical (unpaired) electrons. The number of likely N-dealkylation sites (tertiary alicyclic amines) is 1. The van der Waals surface area contributed by atoms with Gasteiger partial charge in [-0.25, -0.2) is 13.4 Å². The van der Waals surface area contributed by atoms with Gasteiger partial charge < -0.3 is 5.32 Å². The molecule has 1 aliphatic rings. The first-order valence-electron chi connectivity index (χ1n) is 6.56. The van der Waals surface area contributed by atoms with Crippen LogP contribution in [0.4, 0.5) is 5.69 Å². The Balaban J connectivity index is 2.05. The molecule has 1 amide bonds. The number of aromatic nitrogens is 1. The van der Waals surface area contributed by atoms with Gasteiger partial charge in [-0.3, -0.25) is 9.69 Å². The Kier molecular flexibility index (Phi) is 4.60. The van der Waals surface area contributed by atoms with Gasteiger partial charge in [0.25, 0.3) is 0 Å². The summed E-state index contributed by atoms with van der Waals surface area (Å²) in [5, 5.41) is 2.73. The zero-order chi connectivity index (χ0) is 15.5. The van der Waals surface area contributed by atoms with Crippen molar-refractivity contribution in [3.63, 3.8) is 0 Å². The number of nitrogens with zero attached hydrogens (tertiary/aromatic N) is 2. The third-order valence-corrected chi connectivity index (χ3v) is 4.35.